The van der Waals surface area contributed by atoms with Crippen molar-refractivity contribution in [1.82, 2.24) is 20.4 Å². The van der Waals surface area contributed by atoms with E-state index in [1.54, 1.807) is 41.1 Å². The molecule has 1 aromatic heterocycles. The van der Waals surface area contributed by atoms with Crippen LogP contribution in [-0.4, -0.2) is 34.7 Å². The van der Waals surface area contributed by atoms with Crippen LogP contribution in [0.5, 0.6) is 0 Å². The van der Waals surface area contributed by atoms with Crippen LogP contribution in [0.4, 0.5) is 0 Å². The lowest BCUT2D eigenvalue weighted by Crippen LogP contribution is -2.35. The van der Waals surface area contributed by atoms with Crippen molar-refractivity contribution >= 4 is 35.0 Å². The van der Waals surface area contributed by atoms with E-state index in [4.69, 9.17) is 23.2 Å². The van der Waals surface area contributed by atoms with Crippen LogP contribution in [0.3, 0.4) is 0 Å². The third-order valence-corrected chi connectivity index (χ3v) is 5.28. The van der Waals surface area contributed by atoms with Gasteiger partial charge >= 0.3 is 0 Å². The first kappa shape index (κ1) is 21.9. The van der Waals surface area contributed by atoms with Crippen molar-refractivity contribution in [1.29, 1.82) is 0 Å². The summed E-state index contributed by atoms with van der Waals surface area (Å²) in [4.78, 5) is 24.5. The summed E-state index contributed by atoms with van der Waals surface area (Å²) >= 11 is 12.0. The Bertz CT molecular complexity index is 1060. The lowest BCUT2D eigenvalue weighted by atomic mass is 10.1. The summed E-state index contributed by atoms with van der Waals surface area (Å²) in [7, 11) is 0. The molecule has 0 radical (unpaired) electrons. The molecule has 1 heterocycles. The SMILES string of the molecule is Cc1nn(-c2ccc(Cl)cc2)c(C)c1CC(=O)NCCNC(=O)c1ccccc1Cl. The molecule has 0 spiro atoms. The lowest BCUT2D eigenvalue weighted by molar-refractivity contribution is -0.120. The maximum absolute atomic E-state index is 12.4. The minimum absolute atomic E-state index is 0.135. The number of carbonyl (C=O) groups is 2. The second kappa shape index (κ2) is 9.78. The van der Waals surface area contributed by atoms with Crippen LogP contribution >= 0.6 is 23.2 Å². The highest BCUT2D eigenvalue weighted by Crippen LogP contribution is 2.20. The zero-order valence-electron chi connectivity index (χ0n) is 16.7. The van der Waals surface area contributed by atoms with Crippen molar-refractivity contribution in [2.45, 2.75) is 20.3 Å². The molecule has 0 saturated heterocycles. The number of halogens is 2. The lowest BCUT2D eigenvalue weighted by Gasteiger charge is -2.09. The number of hydrogen-bond donors (Lipinski definition) is 2. The Hall–Kier alpha value is -2.83. The van der Waals surface area contributed by atoms with E-state index >= 15 is 0 Å². The molecule has 0 bridgehead atoms. The van der Waals surface area contributed by atoms with Gasteiger partial charge in [0.15, 0.2) is 0 Å². The second-order valence-electron chi connectivity index (χ2n) is 6.80. The van der Waals surface area contributed by atoms with Gasteiger partial charge in [-0.15, -0.1) is 0 Å². The van der Waals surface area contributed by atoms with Crippen LogP contribution in [0.25, 0.3) is 5.69 Å². The molecule has 156 valence electrons. The average molecular weight is 445 g/mol. The Balaban J connectivity index is 1.53. The van der Waals surface area contributed by atoms with Crippen molar-refractivity contribution in [2.24, 2.45) is 0 Å². The summed E-state index contributed by atoms with van der Waals surface area (Å²) in [6.07, 6.45) is 0.212. The van der Waals surface area contributed by atoms with E-state index in [0.29, 0.717) is 28.7 Å². The molecular weight excluding hydrogens is 423 g/mol. The monoisotopic (exact) mass is 444 g/mol. The average Bonchev–Trinajstić information content (AvgIpc) is 3.00. The molecule has 3 aromatic rings. The minimum Gasteiger partial charge on any atom is -0.354 e. The van der Waals surface area contributed by atoms with Gasteiger partial charge in [-0.2, -0.15) is 5.10 Å². The number of aryl methyl sites for hydroxylation is 1. The largest absolute Gasteiger partial charge is 0.354 e. The number of hydrogen-bond acceptors (Lipinski definition) is 3. The van der Waals surface area contributed by atoms with E-state index in [9.17, 15) is 9.59 Å². The van der Waals surface area contributed by atoms with Crippen LogP contribution in [0.15, 0.2) is 48.5 Å². The van der Waals surface area contributed by atoms with E-state index < -0.39 is 0 Å². The van der Waals surface area contributed by atoms with Crippen LogP contribution in [-0.2, 0) is 11.2 Å². The predicted octanol–water partition coefficient (Wildman–Crippen LogP) is 3.88. The topological polar surface area (TPSA) is 76.0 Å². The Morgan fingerprint density at radius 2 is 1.63 bits per heavy atom. The van der Waals surface area contributed by atoms with Crippen molar-refractivity contribution in [3.05, 3.63) is 81.1 Å². The molecule has 0 aliphatic carbocycles. The van der Waals surface area contributed by atoms with Crippen LogP contribution in [0, 0.1) is 13.8 Å². The van der Waals surface area contributed by atoms with Gasteiger partial charge in [-0.25, -0.2) is 4.68 Å². The van der Waals surface area contributed by atoms with E-state index in [1.807, 2.05) is 26.0 Å². The van der Waals surface area contributed by atoms with E-state index in [0.717, 1.165) is 22.6 Å². The molecule has 3 rings (SSSR count). The molecule has 0 atom stereocenters. The first-order valence-electron chi connectivity index (χ1n) is 9.47. The number of aromatic nitrogens is 2. The quantitative estimate of drug-likeness (QED) is 0.542. The molecule has 8 heteroatoms. The van der Waals surface area contributed by atoms with Gasteiger partial charge in [0.2, 0.25) is 5.91 Å². The van der Waals surface area contributed by atoms with Gasteiger partial charge in [-0.3, -0.25) is 9.59 Å². The highest BCUT2D eigenvalue weighted by Gasteiger charge is 2.16. The molecule has 30 heavy (non-hydrogen) atoms. The summed E-state index contributed by atoms with van der Waals surface area (Å²) in [5, 5.41) is 11.2. The summed E-state index contributed by atoms with van der Waals surface area (Å²) in [6.45, 7) is 4.43. The Kier molecular flexibility index (Phi) is 7.13. The normalized spacial score (nSPS) is 10.7. The third-order valence-electron chi connectivity index (χ3n) is 4.70. The van der Waals surface area contributed by atoms with Crippen molar-refractivity contribution in [3.63, 3.8) is 0 Å². The van der Waals surface area contributed by atoms with E-state index in [-0.39, 0.29) is 18.2 Å². The molecular formula is C22H22Cl2N4O2. The predicted molar refractivity (Wildman–Crippen MR) is 119 cm³/mol. The van der Waals surface area contributed by atoms with E-state index in [1.165, 1.54) is 0 Å². The number of benzene rings is 2. The minimum atomic E-state index is -0.272. The fourth-order valence-electron chi connectivity index (χ4n) is 3.11. The highest BCUT2D eigenvalue weighted by atomic mass is 35.5. The maximum atomic E-state index is 12.4. The van der Waals surface area contributed by atoms with E-state index in [2.05, 4.69) is 15.7 Å². The van der Waals surface area contributed by atoms with Gasteiger partial charge in [0, 0.05) is 29.4 Å². The Morgan fingerprint density at radius 3 is 2.33 bits per heavy atom. The maximum Gasteiger partial charge on any atom is 0.252 e. The molecule has 0 unspecified atom stereocenters. The van der Waals surface area contributed by atoms with Crippen LogP contribution < -0.4 is 10.6 Å². The number of nitrogens with one attached hydrogen (secondary N) is 2. The molecule has 6 nitrogen and oxygen atoms in total. The van der Waals surface area contributed by atoms with Crippen molar-refractivity contribution in [2.75, 3.05) is 13.1 Å². The molecule has 0 fully saturated rings. The second-order valence-corrected chi connectivity index (χ2v) is 7.64. The molecule has 0 aliphatic heterocycles. The number of amides is 2. The van der Waals surface area contributed by atoms with Gasteiger partial charge in [-0.1, -0.05) is 35.3 Å². The fraction of sp³-hybridized carbons (Fsp3) is 0.227. The smallest absolute Gasteiger partial charge is 0.252 e. The highest BCUT2D eigenvalue weighted by molar-refractivity contribution is 6.33. The first-order chi connectivity index (χ1) is 14.4. The zero-order valence-corrected chi connectivity index (χ0v) is 18.2. The Morgan fingerprint density at radius 1 is 0.967 bits per heavy atom. The summed E-state index contributed by atoms with van der Waals surface area (Å²) in [5.41, 5.74) is 3.87. The summed E-state index contributed by atoms with van der Waals surface area (Å²) in [5.74, 6) is -0.408. The van der Waals surface area contributed by atoms with Crippen molar-refractivity contribution < 1.29 is 9.59 Å². The summed E-state index contributed by atoms with van der Waals surface area (Å²) in [6, 6.07) is 14.2. The third kappa shape index (κ3) is 5.20. The molecule has 2 aromatic carbocycles. The van der Waals surface area contributed by atoms with Crippen LogP contribution in [0.2, 0.25) is 10.0 Å². The zero-order chi connectivity index (χ0) is 21.7. The molecule has 2 N–H and O–H groups in total. The molecule has 2 amide bonds. The van der Waals surface area contributed by atoms with Gasteiger partial charge < -0.3 is 10.6 Å². The number of rotatable bonds is 7. The molecule has 0 aliphatic rings. The summed E-state index contributed by atoms with van der Waals surface area (Å²) < 4.78 is 1.80. The van der Waals surface area contributed by atoms with Gasteiger partial charge in [0.1, 0.15) is 0 Å². The van der Waals surface area contributed by atoms with Gasteiger partial charge in [0.25, 0.3) is 5.91 Å². The van der Waals surface area contributed by atoms with Crippen LogP contribution in [0.1, 0.15) is 27.3 Å². The number of nitrogens with zero attached hydrogens (tertiary/aromatic N) is 2. The first-order valence-corrected chi connectivity index (χ1v) is 10.2. The standard InChI is InChI=1S/C22H22Cl2N4O2/c1-14-19(15(2)28(27-14)17-9-7-16(23)8-10-17)13-21(29)25-11-12-26-22(30)18-5-3-4-6-20(18)24/h3-10H,11-13H2,1-2H3,(H,25,29)(H,26,30). The van der Waals surface area contributed by atoms with Gasteiger partial charge in [0.05, 0.1) is 28.4 Å². The number of carbonyl (C=O) groups excluding carboxylic acids is 2. The fourth-order valence-corrected chi connectivity index (χ4v) is 3.45. The van der Waals surface area contributed by atoms with Crippen molar-refractivity contribution in [3.8, 4) is 5.69 Å². The molecule has 0 saturated carbocycles. The van der Waals surface area contributed by atoms with Gasteiger partial charge in [-0.05, 0) is 50.2 Å². The Labute approximate surface area is 185 Å².